The highest BCUT2D eigenvalue weighted by molar-refractivity contribution is 5.62. The average molecular weight is 426 g/mol. The Morgan fingerprint density at radius 3 is 2.59 bits per heavy atom. The van der Waals surface area contributed by atoms with E-state index in [4.69, 9.17) is 10.2 Å². The van der Waals surface area contributed by atoms with Gasteiger partial charge in [-0.25, -0.2) is 4.68 Å². The summed E-state index contributed by atoms with van der Waals surface area (Å²) in [5.74, 6) is 0. The molecule has 1 unspecified atom stereocenters. The topological polar surface area (TPSA) is 47.7 Å². The van der Waals surface area contributed by atoms with Gasteiger partial charge in [0.2, 0.25) is 0 Å². The van der Waals surface area contributed by atoms with Gasteiger partial charge in [-0.1, -0.05) is 62.4 Å². The molecule has 0 fully saturated rings. The molecule has 32 heavy (non-hydrogen) atoms. The number of hydrogen-bond donors (Lipinski definition) is 1. The predicted molar refractivity (Wildman–Crippen MR) is 129 cm³/mol. The third kappa shape index (κ3) is 3.89. The summed E-state index contributed by atoms with van der Waals surface area (Å²) in [4.78, 5) is 0. The summed E-state index contributed by atoms with van der Waals surface area (Å²) in [5.41, 5.74) is 8.67. The number of aryl methyl sites for hydroxylation is 2. The zero-order valence-corrected chi connectivity index (χ0v) is 19.3. The molecule has 1 atom stereocenters. The van der Waals surface area contributed by atoms with Crippen molar-refractivity contribution in [2.24, 2.45) is 12.5 Å². The summed E-state index contributed by atoms with van der Waals surface area (Å²) in [6.07, 6.45) is 6.30. The maximum atomic E-state index is 4.83. The Hall–Kier alpha value is -3.18. The zero-order valence-electron chi connectivity index (χ0n) is 19.3. The molecule has 5 rings (SSSR count). The van der Waals surface area contributed by atoms with Crippen LogP contribution < -0.4 is 5.32 Å². The minimum Gasteiger partial charge on any atom is -0.306 e. The first-order valence-corrected chi connectivity index (χ1v) is 11.4. The van der Waals surface area contributed by atoms with Gasteiger partial charge in [0.25, 0.3) is 0 Å². The molecule has 5 nitrogen and oxygen atoms in total. The Kier molecular flexibility index (Phi) is 5.22. The van der Waals surface area contributed by atoms with Crippen molar-refractivity contribution in [2.45, 2.75) is 46.2 Å². The van der Waals surface area contributed by atoms with Crippen LogP contribution in [-0.2, 0) is 20.0 Å². The lowest BCUT2D eigenvalue weighted by Gasteiger charge is -2.36. The van der Waals surface area contributed by atoms with E-state index in [0.717, 1.165) is 30.6 Å². The summed E-state index contributed by atoms with van der Waals surface area (Å²) in [6, 6.07) is 19.2. The van der Waals surface area contributed by atoms with Crippen molar-refractivity contribution in [3.8, 4) is 16.9 Å². The van der Waals surface area contributed by atoms with Crippen LogP contribution in [0.2, 0.25) is 0 Å². The van der Waals surface area contributed by atoms with Crippen LogP contribution in [0.4, 0.5) is 0 Å². The van der Waals surface area contributed by atoms with Crippen molar-refractivity contribution >= 4 is 0 Å². The Morgan fingerprint density at radius 1 is 1.06 bits per heavy atom. The summed E-state index contributed by atoms with van der Waals surface area (Å²) < 4.78 is 4.06. The Balaban J connectivity index is 1.45. The first-order valence-electron chi connectivity index (χ1n) is 11.4. The Bertz CT molecular complexity index is 1230. The van der Waals surface area contributed by atoms with E-state index < -0.39 is 0 Å². The van der Waals surface area contributed by atoms with Crippen LogP contribution in [0.3, 0.4) is 0 Å². The molecule has 4 aromatic rings. The van der Waals surface area contributed by atoms with Crippen LogP contribution in [0, 0.1) is 12.3 Å². The molecule has 0 radical (unpaired) electrons. The third-order valence-corrected chi connectivity index (χ3v) is 6.51. The molecule has 2 aromatic carbocycles. The lowest BCUT2D eigenvalue weighted by Crippen LogP contribution is -2.33. The number of benzene rings is 2. The lowest BCUT2D eigenvalue weighted by atomic mass is 9.74. The Labute approximate surface area is 190 Å². The summed E-state index contributed by atoms with van der Waals surface area (Å²) >= 11 is 0. The molecular formula is C27H31N5. The Morgan fingerprint density at radius 2 is 1.81 bits per heavy atom. The third-order valence-electron chi connectivity index (χ3n) is 6.51. The number of fused-ring (bicyclic) bond motifs is 1. The van der Waals surface area contributed by atoms with Crippen LogP contribution in [0.15, 0.2) is 67.0 Å². The number of nitrogens with zero attached hydrogens (tertiary/aromatic N) is 4. The van der Waals surface area contributed by atoms with Crippen molar-refractivity contribution in [1.29, 1.82) is 0 Å². The van der Waals surface area contributed by atoms with Crippen LogP contribution in [0.1, 0.15) is 48.7 Å². The van der Waals surface area contributed by atoms with E-state index >= 15 is 0 Å². The minimum atomic E-state index is 0.197. The molecule has 0 saturated carbocycles. The highest BCUT2D eigenvalue weighted by Crippen LogP contribution is 2.41. The molecule has 2 heterocycles. The normalized spacial score (nSPS) is 17.3. The van der Waals surface area contributed by atoms with Crippen LogP contribution >= 0.6 is 0 Å². The van der Waals surface area contributed by atoms with Crippen molar-refractivity contribution in [1.82, 2.24) is 24.9 Å². The van der Waals surface area contributed by atoms with Crippen molar-refractivity contribution < 1.29 is 0 Å². The first-order chi connectivity index (χ1) is 15.4. The molecule has 1 aliphatic carbocycles. The smallest absolute Gasteiger partial charge is 0.0967 e. The van der Waals surface area contributed by atoms with E-state index in [0.29, 0.717) is 0 Å². The molecule has 0 bridgehead atoms. The molecule has 0 amide bonds. The van der Waals surface area contributed by atoms with E-state index in [1.165, 1.54) is 28.1 Å². The zero-order chi connectivity index (χ0) is 22.3. The molecule has 0 aliphatic heterocycles. The van der Waals surface area contributed by atoms with Gasteiger partial charge in [0.15, 0.2) is 0 Å². The number of hydrogen-bond acceptors (Lipinski definition) is 3. The van der Waals surface area contributed by atoms with Crippen LogP contribution in [0.25, 0.3) is 16.9 Å². The predicted octanol–water partition coefficient (Wildman–Crippen LogP) is 5.38. The van der Waals surface area contributed by atoms with Gasteiger partial charge >= 0.3 is 0 Å². The van der Waals surface area contributed by atoms with Gasteiger partial charge in [0, 0.05) is 48.2 Å². The molecule has 0 saturated heterocycles. The molecular weight excluding hydrogens is 394 g/mol. The first kappa shape index (κ1) is 20.7. The maximum absolute atomic E-state index is 4.83. The summed E-state index contributed by atoms with van der Waals surface area (Å²) in [5, 5.41) is 13.4. The van der Waals surface area contributed by atoms with E-state index in [1.54, 1.807) is 0 Å². The highest BCUT2D eigenvalue weighted by atomic mass is 15.3. The number of nitrogens with one attached hydrogen (secondary N) is 1. The largest absolute Gasteiger partial charge is 0.306 e. The fourth-order valence-electron chi connectivity index (χ4n) is 4.97. The second kappa shape index (κ2) is 8.06. The minimum absolute atomic E-state index is 0.197. The van der Waals surface area contributed by atoms with Crippen LogP contribution in [0.5, 0.6) is 0 Å². The number of para-hydroxylation sites is 1. The van der Waals surface area contributed by atoms with Crippen molar-refractivity contribution in [2.75, 3.05) is 0 Å². The van der Waals surface area contributed by atoms with Gasteiger partial charge in [-0.15, -0.1) is 0 Å². The number of rotatable bonds is 5. The summed E-state index contributed by atoms with van der Waals surface area (Å²) in [7, 11) is 1.99. The highest BCUT2D eigenvalue weighted by Gasteiger charge is 2.35. The van der Waals surface area contributed by atoms with Gasteiger partial charge in [0.05, 0.1) is 17.6 Å². The molecule has 0 spiro atoms. The molecule has 2 aromatic heterocycles. The fourth-order valence-corrected chi connectivity index (χ4v) is 4.97. The number of aromatic nitrogens is 4. The van der Waals surface area contributed by atoms with E-state index in [2.05, 4.69) is 91.7 Å². The maximum Gasteiger partial charge on any atom is 0.0967 e. The van der Waals surface area contributed by atoms with Crippen LogP contribution in [-0.4, -0.2) is 19.6 Å². The second-order valence-electron chi connectivity index (χ2n) is 9.77. The van der Waals surface area contributed by atoms with Gasteiger partial charge in [-0.05, 0) is 36.8 Å². The van der Waals surface area contributed by atoms with Gasteiger partial charge < -0.3 is 5.32 Å². The molecule has 1 aliphatic rings. The van der Waals surface area contributed by atoms with Gasteiger partial charge in [0.1, 0.15) is 0 Å². The average Bonchev–Trinajstić information content (AvgIpc) is 3.35. The fraction of sp³-hybridized carbons (Fsp3) is 0.333. The lowest BCUT2D eigenvalue weighted by molar-refractivity contribution is 0.253. The molecule has 1 N–H and O–H groups in total. The van der Waals surface area contributed by atoms with Crippen molar-refractivity contribution in [3.63, 3.8) is 0 Å². The van der Waals surface area contributed by atoms with Crippen molar-refractivity contribution in [3.05, 3.63) is 89.4 Å². The molecule has 164 valence electrons. The van der Waals surface area contributed by atoms with Gasteiger partial charge in [-0.2, -0.15) is 10.2 Å². The second-order valence-corrected chi connectivity index (χ2v) is 9.77. The monoisotopic (exact) mass is 425 g/mol. The standard InChI is InChI=1S/C27H31N5/c1-19-10-8-9-13-24(19)32-25-15-27(2,3)14-23(22(25)17-29-32)28-16-21-18-31(4)30-26(21)20-11-6-5-7-12-20/h5-13,17-18,23,28H,14-16H2,1-4H3. The van der Waals surface area contributed by atoms with E-state index in [9.17, 15) is 0 Å². The van der Waals surface area contributed by atoms with E-state index in [-0.39, 0.29) is 11.5 Å². The van der Waals surface area contributed by atoms with E-state index in [1.807, 2.05) is 17.8 Å². The SMILES string of the molecule is Cc1ccccc1-n1ncc2c1CC(C)(C)CC2NCc1cn(C)nc1-c1ccccc1. The molecule has 5 heteroatoms. The summed E-state index contributed by atoms with van der Waals surface area (Å²) in [6.45, 7) is 7.65. The quantitative estimate of drug-likeness (QED) is 0.467. The van der Waals surface area contributed by atoms with Gasteiger partial charge in [-0.3, -0.25) is 4.68 Å².